The molecule has 0 aliphatic heterocycles. The highest BCUT2D eigenvalue weighted by atomic mass is 16.5. The zero-order chi connectivity index (χ0) is 14.7. The quantitative estimate of drug-likeness (QED) is 0.910. The molecule has 0 saturated heterocycles. The summed E-state index contributed by atoms with van der Waals surface area (Å²) in [6, 6.07) is 7.56. The normalized spacial score (nSPS) is 10.6. The number of carboxylic acids is 1. The molecule has 106 valence electrons. The maximum Gasteiger partial charge on any atom is 0.354 e. The molecular formula is C15H18N2O3. The van der Waals surface area contributed by atoms with Gasteiger partial charge in [-0.05, 0) is 44.0 Å². The first-order valence-electron chi connectivity index (χ1n) is 6.45. The van der Waals surface area contributed by atoms with E-state index in [1.165, 1.54) is 4.68 Å². The van der Waals surface area contributed by atoms with Crippen LogP contribution in [0.25, 0.3) is 0 Å². The molecule has 2 rings (SSSR count). The molecule has 5 heteroatoms. The van der Waals surface area contributed by atoms with E-state index in [9.17, 15) is 4.79 Å². The van der Waals surface area contributed by atoms with Crippen molar-refractivity contribution in [2.45, 2.75) is 27.3 Å². The Bertz CT molecular complexity index is 632. The molecule has 0 aliphatic carbocycles. The van der Waals surface area contributed by atoms with Crippen molar-refractivity contribution in [1.29, 1.82) is 0 Å². The number of aromatic nitrogens is 2. The predicted molar refractivity (Wildman–Crippen MR) is 75.3 cm³/mol. The number of hydrogen-bond acceptors (Lipinski definition) is 3. The lowest BCUT2D eigenvalue weighted by Crippen LogP contribution is -2.15. The van der Waals surface area contributed by atoms with Gasteiger partial charge in [0.1, 0.15) is 18.1 Å². The minimum Gasteiger partial charge on any atom is -0.491 e. The lowest BCUT2D eigenvalue weighted by Gasteiger charge is -2.10. The van der Waals surface area contributed by atoms with Gasteiger partial charge in [0.25, 0.3) is 0 Å². The van der Waals surface area contributed by atoms with E-state index in [1.54, 1.807) is 13.0 Å². The maximum absolute atomic E-state index is 11.1. The highest BCUT2D eigenvalue weighted by Crippen LogP contribution is 2.19. The highest BCUT2D eigenvalue weighted by Gasteiger charge is 2.12. The molecule has 1 aromatic heterocycles. The van der Waals surface area contributed by atoms with Crippen molar-refractivity contribution >= 4 is 5.97 Å². The third-order valence-corrected chi connectivity index (χ3v) is 3.03. The standard InChI is InChI=1S/C15H18N2O3/c1-10-4-5-11(2)14(8-10)20-7-6-17-13(15(18)19)9-12(3)16-17/h4-5,8-9H,6-7H2,1-3H3,(H,18,19). The van der Waals surface area contributed by atoms with Gasteiger partial charge in [-0.15, -0.1) is 0 Å². The van der Waals surface area contributed by atoms with Crippen LogP contribution in [-0.4, -0.2) is 27.5 Å². The summed E-state index contributed by atoms with van der Waals surface area (Å²) in [4.78, 5) is 11.1. The fourth-order valence-corrected chi connectivity index (χ4v) is 1.99. The monoisotopic (exact) mass is 274 g/mol. The van der Waals surface area contributed by atoms with E-state index in [-0.39, 0.29) is 5.69 Å². The zero-order valence-corrected chi connectivity index (χ0v) is 11.9. The molecule has 0 amide bonds. The summed E-state index contributed by atoms with van der Waals surface area (Å²) in [5, 5.41) is 13.2. The second-order valence-corrected chi connectivity index (χ2v) is 4.82. The summed E-state index contributed by atoms with van der Waals surface area (Å²) in [7, 11) is 0. The van der Waals surface area contributed by atoms with Crippen LogP contribution < -0.4 is 4.74 Å². The average Bonchev–Trinajstić information content (AvgIpc) is 2.75. The lowest BCUT2D eigenvalue weighted by molar-refractivity contribution is 0.0682. The van der Waals surface area contributed by atoms with Crippen LogP contribution in [0.4, 0.5) is 0 Å². The van der Waals surface area contributed by atoms with Crippen LogP contribution in [0.5, 0.6) is 5.75 Å². The second-order valence-electron chi connectivity index (χ2n) is 4.82. The molecule has 0 saturated carbocycles. The number of benzene rings is 1. The molecule has 5 nitrogen and oxygen atoms in total. The number of hydrogen-bond donors (Lipinski definition) is 1. The number of aryl methyl sites for hydroxylation is 3. The first-order chi connectivity index (χ1) is 9.47. The molecule has 20 heavy (non-hydrogen) atoms. The van der Waals surface area contributed by atoms with Gasteiger partial charge in [-0.1, -0.05) is 12.1 Å². The SMILES string of the molecule is Cc1ccc(C)c(OCCn2nc(C)cc2C(=O)O)c1. The third-order valence-electron chi connectivity index (χ3n) is 3.03. The Balaban J connectivity index is 2.03. The summed E-state index contributed by atoms with van der Waals surface area (Å²) in [5.41, 5.74) is 3.07. The van der Waals surface area contributed by atoms with Crippen molar-refractivity contribution in [2.24, 2.45) is 0 Å². The fraction of sp³-hybridized carbons (Fsp3) is 0.333. The number of aromatic carboxylic acids is 1. The molecule has 0 atom stereocenters. The van der Waals surface area contributed by atoms with Gasteiger partial charge in [-0.25, -0.2) is 4.79 Å². The molecule has 0 spiro atoms. The number of carbonyl (C=O) groups is 1. The van der Waals surface area contributed by atoms with Gasteiger partial charge in [0, 0.05) is 0 Å². The van der Waals surface area contributed by atoms with E-state index in [0.29, 0.717) is 18.8 Å². The molecule has 0 bridgehead atoms. The third kappa shape index (κ3) is 3.17. The number of ether oxygens (including phenoxy) is 1. The van der Waals surface area contributed by atoms with Gasteiger partial charge in [-0.2, -0.15) is 5.10 Å². The lowest BCUT2D eigenvalue weighted by atomic mass is 10.1. The minimum absolute atomic E-state index is 0.187. The summed E-state index contributed by atoms with van der Waals surface area (Å²) in [5.74, 6) is -0.150. The first-order valence-corrected chi connectivity index (χ1v) is 6.45. The summed E-state index contributed by atoms with van der Waals surface area (Å²) < 4.78 is 7.17. The second kappa shape index (κ2) is 5.77. The first kappa shape index (κ1) is 14.1. The van der Waals surface area contributed by atoms with Gasteiger partial charge in [0.15, 0.2) is 0 Å². The molecular weight excluding hydrogens is 256 g/mol. The Labute approximate surface area is 117 Å². The Kier molecular flexibility index (Phi) is 4.08. The van der Waals surface area contributed by atoms with Crippen molar-refractivity contribution in [2.75, 3.05) is 6.61 Å². The van der Waals surface area contributed by atoms with Gasteiger partial charge in [0.2, 0.25) is 0 Å². The van der Waals surface area contributed by atoms with Gasteiger partial charge < -0.3 is 9.84 Å². The van der Waals surface area contributed by atoms with Crippen molar-refractivity contribution in [3.05, 3.63) is 46.8 Å². The zero-order valence-electron chi connectivity index (χ0n) is 11.9. The molecule has 2 aromatic rings. The van der Waals surface area contributed by atoms with Crippen LogP contribution in [0, 0.1) is 20.8 Å². The molecule has 1 N–H and O–H groups in total. The van der Waals surface area contributed by atoms with Crippen LogP contribution in [-0.2, 0) is 6.54 Å². The smallest absolute Gasteiger partial charge is 0.354 e. The van der Waals surface area contributed by atoms with E-state index in [1.807, 2.05) is 32.0 Å². The summed E-state index contributed by atoms with van der Waals surface area (Å²) in [6.07, 6.45) is 0. The van der Waals surface area contributed by atoms with Crippen molar-refractivity contribution in [3.8, 4) is 5.75 Å². The van der Waals surface area contributed by atoms with Crippen LogP contribution >= 0.6 is 0 Å². The number of carboxylic acid groups (broad SMARTS) is 1. The Morgan fingerprint density at radius 2 is 2.05 bits per heavy atom. The van der Waals surface area contributed by atoms with Crippen molar-refractivity contribution < 1.29 is 14.6 Å². The average molecular weight is 274 g/mol. The van der Waals surface area contributed by atoms with Crippen LogP contribution in [0.1, 0.15) is 27.3 Å². The van der Waals surface area contributed by atoms with Crippen LogP contribution in [0.2, 0.25) is 0 Å². The van der Waals surface area contributed by atoms with Crippen LogP contribution in [0.3, 0.4) is 0 Å². The van der Waals surface area contributed by atoms with Gasteiger partial charge in [-0.3, -0.25) is 4.68 Å². The fourth-order valence-electron chi connectivity index (χ4n) is 1.99. The van der Waals surface area contributed by atoms with Crippen LogP contribution in [0.15, 0.2) is 24.3 Å². The van der Waals surface area contributed by atoms with Crippen molar-refractivity contribution in [1.82, 2.24) is 9.78 Å². The Hall–Kier alpha value is -2.30. The summed E-state index contributed by atoms with van der Waals surface area (Å²) in [6.45, 7) is 6.55. The predicted octanol–water partition coefficient (Wildman–Crippen LogP) is 2.59. The molecule has 0 radical (unpaired) electrons. The van der Waals surface area contributed by atoms with E-state index >= 15 is 0 Å². The van der Waals surface area contributed by atoms with E-state index in [0.717, 1.165) is 16.9 Å². The molecule has 0 fully saturated rings. The summed E-state index contributed by atoms with van der Waals surface area (Å²) >= 11 is 0. The van der Waals surface area contributed by atoms with E-state index in [2.05, 4.69) is 5.10 Å². The van der Waals surface area contributed by atoms with Gasteiger partial charge in [0.05, 0.1) is 12.2 Å². The van der Waals surface area contributed by atoms with E-state index < -0.39 is 5.97 Å². The minimum atomic E-state index is -0.975. The number of nitrogens with zero attached hydrogens (tertiary/aromatic N) is 2. The molecule has 1 aromatic carbocycles. The largest absolute Gasteiger partial charge is 0.491 e. The topological polar surface area (TPSA) is 64.4 Å². The molecule has 0 aliphatic rings. The van der Waals surface area contributed by atoms with E-state index in [4.69, 9.17) is 9.84 Å². The molecule has 0 unspecified atom stereocenters. The Morgan fingerprint density at radius 1 is 1.30 bits per heavy atom. The highest BCUT2D eigenvalue weighted by molar-refractivity contribution is 5.85. The van der Waals surface area contributed by atoms with Gasteiger partial charge >= 0.3 is 5.97 Å². The maximum atomic E-state index is 11.1. The number of rotatable bonds is 5. The molecule has 1 heterocycles. The Morgan fingerprint density at radius 3 is 2.75 bits per heavy atom. The van der Waals surface area contributed by atoms with Crippen molar-refractivity contribution in [3.63, 3.8) is 0 Å².